The van der Waals surface area contributed by atoms with Gasteiger partial charge in [-0.3, -0.25) is 4.79 Å². The van der Waals surface area contributed by atoms with Crippen molar-refractivity contribution in [1.29, 1.82) is 0 Å². The minimum atomic E-state index is 0.345. The molecule has 0 amide bonds. The monoisotopic (exact) mass is 209 g/mol. The lowest BCUT2D eigenvalue weighted by Gasteiger charge is -2.36. The number of hydrogen-bond acceptors (Lipinski definition) is 2. The summed E-state index contributed by atoms with van der Waals surface area (Å²) in [7, 11) is 2.20. The average Bonchev–Trinajstić information content (AvgIpc) is 2.29. The van der Waals surface area contributed by atoms with Gasteiger partial charge in [-0.15, -0.1) is 0 Å². The summed E-state index contributed by atoms with van der Waals surface area (Å²) in [6.45, 7) is 1.02. The second kappa shape index (κ2) is 5.11. The first-order valence-corrected chi connectivity index (χ1v) is 6.50. The molecule has 0 aromatic carbocycles. The van der Waals surface area contributed by atoms with Crippen molar-refractivity contribution in [1.82, 2.24) is 4.90 Å². The Kier molecular flexibility index (Phi) is 3.79. The van der Waals surface area contributed by atoms with Crippen LogP contribution in [0.2, 0.25) is 0 Å². The summed E-state index contributed by atoms with van der Waals surface area (Å²) >= 11 is 0. The molecule has 1 unspecified atom stereocenters. The van der Waals surface area contributed by atoms with E-state index in [1.807, 2.05) is 0 Å². The molecule has 0 radical (unpaired) electrons. The first-order valence-electron chi connectivity index (χ1n) is 6.50. The summed E-state index contributed by atoms with van der Waals surface area (Å²) in [5.74, 6) is 0.872. The van der Waals surface area contributed by atoms with E-state index in [2.05, 4.69) is 11.9 Å². The molecule has 1 atom stereocenters. The van der Waals surface area contributed by atoms with E-state index < -0.39 is 0 Å². The summed E-state index contributed by atoms with van der Waals surface area (Å²) in [5, 5.41) is 0. The van der Waals surface area contributed by atoms with Crippen molar-refractivity contribution < 1.29 is 4.79 Å². The zero-order chi connectivity index (χ0) is 10.7. The third kappa shape index (κ3) is 2.81. The molecule has 2 saturated carbocycles. The molecule has 0 heterocycles. The minimum absolute atomic E-state index is 0.345. The van der Waals surface area contributed by atoms with E-state index in [1.54, 1.807) is 0 Å². The van der Waals surface area contributed by atoms with E-state index in [0.717, 1.165) is 31.8 Å². The van der Waals surface area contributed by atoms with Crippen LogP contribution in [0.15, 0.2) is 0 Å². The highest BCUT2D eigenvalue weighted by Crippen LogP contribution is 2.26. The minimum Gasteiger partial charge on any atom is -0.303 e. The fraction of sp³-hybridized carbons (Fsp3) is 0.923. The number of Topliss-reactive ketones (excluding diaryl/α,β-unsaturated/α-hetero) is 1. The van der Waals surface area contributed by atoms with Gasteiger partial charge in [-0.2, -0.15) is 0 Å². The number of ketones is 1. The molecule has 2 rings (SSSR count). The van der Waals surface area contributed by atoms with Crippen molar-refractivity contribution in [2.45, 2.75) is 57.4 Å². The fourth-order valence-corrected chi connectivity index (χ4v) is 2.75. The predicted molar refractivity (Wildman–Crippen MR) is 61.9 cm³/mol. The topological polar surface area (TPSA) is 20.3 Å². The smallest absolute Gasteiger partial charge is 0.137 e. The van der Waals surface area contributed by atoms with Crippen molar-refractivity contribution in [3.8, 4) is 0 Å². The van der Waals surface area contributed by atoms with Gasteiger partial charge in [0.1, 0.15) is 5.78 Å². The van der Waals surface area contributed by atoms with Crippen LogP contribution in [0.5, 0.6) is 0 Å². The second-order valence-electron chi connectivity index (χ2n) is 5.29. The van der Waals surface area contributed by atoms with Gasteiger partial charge in [0, 0.05) is 24.9 Å². The van der Waals surface area contributed by atoms with Crippen LogP contribution >= 0.6 is 0 Å². The molecule has 2 aliphatic rings. The third-order valence-electron chi connectivity index (χ3n) is 4.14. The molecule has 0 bridgehead atoms. The lowest BCUT2D eigenvalue weighted by Crippen LogP contribution is -2.41. The van der Waals surface area contributed by atoms with E-state index in [-0.39, 0.29) is 0 Å². The van der Waals surface area contributed by atoms with Crippen molar-refractivity contribution in [3.63, 3.8) is 0 Å². The highest BCUT2D eigenvalue weighted by Gasteiger charge is 2.27. The third-order valence-corrected chi connectivity index (χ3v) is 4.14. The largest absolute Gasteiger partial charge is 0.303 e. The van der Waals surface area contributed by atoms with Crippen molar-refractivity contribution in [3.05, 3.63) is 0 Å². The van der Waals surface area contributed by atoms with Crippen LogP contribution in [0.1, 0.15) is 51.4 Å². The molecular formula is C13H23NO. The maximum Gasteiger partial charge on any atom is 0.137 e. The van der Waals surface area contributed by atoms with Crippen molar-refractivity contribution >= 4 is 5.78 Å². The van der Waals surface area contributed by atoms with E-state index >= 15 is 0 Å². The van der Waals surface area contributed by atoms with Crippen LogP contribution in [-0.4, -0.2) is 30.3 Å². The Bertz CT molecular complexity index is 223. The van der Waals surface area contributed by atoms with Gasteiger partial charge in [-0.25, -0.2) is 0 Å². The van der Waals surface area contributed by atoms with Crippen LogP contribution in [0.3, 0.4) is 0 Å². The van der Waals surface area contributed by atoms with Crippen LogP contribution in [0, 0.1) is 5.92 Å². The lowest BCUT2D eigenvalue weighted by atomic mass is 9.90. The molecular weight excluding hydrogens is 186 g/mol. The number of hydrogen-bond donors (Lipinski definition) is 0. The van der Waals surface area contributed by atoms with E-state index in [4.69, 9.17) is 0 Å². The molecule has 86 valence electrons. The maximum atomic E-state index is 11.9. The Morgan fingerprint density at radius 2 is 1.93 bits per heavy atom. The normalized spacial score (nSPS) is 28.9. The van der Waals surface area contributed by atoms with E-state index in [1.165, 1.54) is 32.1 Å². The van der Waals surface area contributed by atoms with Crippen molar-refractivity contribution in [2.75, 3.05) is 13.6 Å². The molecule has 0 aliphatic heterocycles. The molecule has 0 aromatic heterocycles. The van der Waals surface area contributed by atoms with Crippen molar-refractivity contribution in [2.24, 2.45) is 5.92 Å². The van der Waals surface area contributed by atoms with Gasteiger partial charge in [0.05, 0.1) is 0 Å². The number of carbonyl (C=O) groups excluding carboxylic acids is 1. The zero-order valence-corrected chi connectivity index (χ0v) is 9.87. The number of rotatable bonds is 3. The molecule has 2 nitrogen and oxygen atoms in total. The van der Waals surface area contributed by atoms with Gasteiger partial charge < -0.3 is 4.90 Å². The first-order chi connectivity index (χ1) is 7.27. The summed E-state index contributed by atoms with van der Waals surface area (Å²) in [5.41, 5.74) is 0. The Morgan fingerprint density at radius 3 is 2.60 bits per heavy atom. The van der Waals surface area contributed by atoms with Crippen LogP contribution in [-0.2, 0) is 4.79 Å². The molecule has 2 heteroatoms. The molecule has 0 spiro atoms. The second-order valence-corrected chi connectivity index (χ2v) is 5.29. The van der Waals surface area contributed by atoms with Gasteiger partial charge in [-0.05, 0) is 32.7 Å². The van der Waals surface area contributed by atoms with Gasteiger partial charge in [0.25, 0.3) is 0 Å². The Balaban J connectivity index is 1.82. The maximum absolute atomic E-state index is 11.9. The van der Waals surface area contributed by atoms with Crippen LogP contribution in [0.4, 0.5) is 0 Å². The first kappa shape index (κ1) is 11.1. The Morgan fingerprint density at radius 1 is 1.13 bits per heavy atom. The molecule has 0 saturated heterocycles. The summed E-state index contributed by atoms with van der Waals surface area (Å²) in [6, 6.07) is 0.779. The van der Waals surface area contributed by atoms with E-state index in [9.17, 15) is 4.79 Å². The van der Waals surface area contributed by atoms with Gasteiger partial charge in [-0.1, -0.05) is 19.3 Å². The van der Waals surface area contributed by atoms with Gasteiger partial charge in [0.15, 0.2) is 0 Å². The molecule has 0 N–H and O–H groups in total. The standard InChI is InChI=1S/C13H23NO/c1-14(12-7-5-8-12)10-11-6-3-2-4-9-13(11)15/h11-12H,2-10H2,1H3. The Labute approximate surface area is 93.0 Å². The van der Waals surface area contributed by atoms with Gasteiger partial charge in [0.2, 0.25) is 0 Å². The zero-order valence-electron chi connectivity index (χ0n) is 9.87. The number of carbonyl (C=O) groups is 1. The average molecular weight is 209 g/mol. The molecule has 0 aromatic rings. The summed E-state index contributed by atoms with van der Waals surface area (Å²) in [6.07, 6.45) is 9.69. The summed E-state index contributed by atoms with van der Waals surface area (Å²) < 4.78 is 0. The SMILES string of the molecule is CN(CC1CCCCCC1=O)C1CCC1. The predicted octanol–water partition coefficient (Wildman–Crippen LogP) is 2.62. The van der Waals surface area contributed by atoms with E-state index in [0.29, 0.717) is 11.7 Å². The fourth-order valence-electron chi connectivity index (χ4n) is 2.75. The highest BCUT2D eigenvalue weighted by molar-refractivity contribution is 5.81. The van der Waals surface area contributed by atoms with Crippen LogP contribution < -0.4 is 0 Å². The highest BCUT2D eigenvalue weighted by atomic mass is 16.1. The molecule has 15 heavy (non-hydrogen) atoms. The lowest BCUT2D eigenvalue weighted by molar-refractivity contribution is -0.123. The quantitative estimate of drug-likeness (QED) is 0.666. The summed E-state index contributed by atoms with van der Waals surface area (Å²) in [4.78, 5) is 14.3. The van der Waals surface area contributed by atoms with Crippen LogP contribution in [0.25, 0.3) is 0 Å². The molecule has 2 fully saturated rings. The Hall–Kier alpha value is -0.370. The van der Waals surface area contributed by atoms with Gasteiger partial charge >= 0.3 is 0 Å². The molecule has 2 aliphatic carbocycles. The number of nitrogens with zero attached hydrogens (tertiary/aromatic N) is 1.